The maximum absolute atomic E-state index is 11.5. The maximum Gasteiger partial charge on any atom is 0.146 e. The Morgan fingerprint density at radius 1 is 1.31 bits per heavy atom. The van der Waals surface area contributed by atoms with Crippen LogP contribution >= 0.6 is 0 Å². The molecule has 2 heteroatoms. The standard InChI is InChI=1S/C14H21NO/c1-4-7-14(16)11-15(3)10-13-9-6-5-8-12(13)2/h5-6,8-9H,4,7,10-11H2,1-3H3. The van der Waals surface area contributed by atoms with Crippen LogP contribution < -0.4 is 0 Å². The van der Waals surface area contributed by atoms with E-state index in [0.29, 0.717) is 18.7 Å². The van der Waals surface area contributed by atoms with E-state index in [1.165, 1.54) is 11.1 Å². The molecule has 0 aliphatic heterocycles. The lowest BCUT2D eigenvalue weighted by molar-refractivity contribution is -0.120. The number of Topliss-reactive ketones (excluding diaryl/α,β-unsaturated/α-hetero) is 1. The summed E-state index contributed by atoms with van der Waals surface area (Å²) in [7, 11) is 2.00. The molecule has 0 spiro atoms. The van der Waals surface area contributed by atoms with Crippen LogP contribution in [0.5, 0.6) is 0 Å². The van der Waals surface area contributed by atoms with Gasteiger partial charge in [-0.15, -0.1) is 0 Å². The van der Waals surface area contributed by atoms with Crippen LogP contribution in [0.15, 0.2) is 24.3 Å². The lowest BCUT2D eigenvalue weighted by Crippen LogP contribution is -2.25. The molecule has 0 N–H and O–H groups in total. The lowest BCUT2D eigenvalue weighted by atomic mass is 10.1. The third-order valence-corrected chi connectivity index (χ3v) is 2.68. The van der Waals surface area contributed by atoms with Gasteiger partial charge in [-0.3, -0.25) is 9.69 Å². The van der Waals surface area contributed by atoms with Crippen molar-refractivity contribution >= 4 is 5.78 Å². The normalized spacial score (nSPS) is 10.8. The first-order valence-corrected chi connectivity index (χ1v) is 5.88. The van der Waals surface area contributed by atoms with Crippen LogP contribution in [0.25, 0.3) is 0 Å². The molecule has 0 amide bonds. The summed E-state index contributed by atoms with van der Waals surface area (Å²) in [5.74, 6) is 0.332. The molecule has 2 nitrogen and oxygen atoms in total. The number of rotatable bonds is 6. The number of carbonyl (C=O) groups excluding carboxylic acids is 1. The summed E-state index contributed by atoms with van der Waals surface area (Å²) in [5.41, 5.74) is 2.59. The van der Waals surface area contributed by atoms with Gasteiger partial charge in [0, 0.05) is 13.0 Å². The molecule has 0 atom stereocenters. The van der Waals surface area contributed by atoms with Gasteiger partial charge < -0.3 is 0 Å². The summed E-state index contributed by atoms with van der Waals surface area (Å²) in [5, 5.41) is 0. The Labute approximate surface area is 98.3 Å². The minimum atomic E-state index is 0.332. The van der Waals surface area contributed by atoms with Gasteiger partial charge in [0.25, 0.3) is 0 Å². The molecule has 88 valence electrons. The molecule has 0 saturated heterocycles. The Morgan fingerprint density at radius 3 is 2.62 bits per heavy atom. The predicted molar refractivity (Wildman–Crippen MR) is 67.4 cm³/mol. The highest BCUT2D eigenvalue weighted by Crippen LogP contribution is 2.09. The second-order valence-corrected chi connectivity index (χ2v) is 4.39. The zero-order valence-electron chi connectivity index (χ0n) is 10.5. The summed E-state index contributed by atoms with van der Waals surface area (Å²) in [6.07, 6.45) is 1.63. The summed E-state index contributed by atoms with van der Waals surface area (Å²) < 4.78 is 0. The largest absolute Gasteiger partial charge is 0.298 e. The van der Waals surface area contributed by atoms with Crippen molar-refractivity contribution in [1.29, 1.82) is 0 Å². The number of hydrogen-bond acceptors (Lipinski definition) is 2. The molecule has 0 aromatic heterocycles. The van der Waals surface area contributed by atoms with Gasteiger partial charge >= 0.3 is 0 Å². The van der Waals surface area contributed by atoms with Crippen molar-refractivity contribution in [2.75, 3.05) is 13.6 Å². The van der Waals surface area contributed by atoms with E-state index in [-0.39, 0.29) is 0 Å². The van der Waals surface area contributed by atoms with Gasteiger partial charge in [0.2, 0.25) is 0 Å². The molecule has 1 aromatic carbocycles. The first-order chi connectivity index (χ1) is 7.63. The molecule has 0 fully saturated rings. The Hall–Kier alpha value is -1.15. The van der Waals surface area contributed by atoms with E-state index in [1.54, 1.807) is 0 Å². The molecule has 0 heterocycles. The summed E-state index contributed by atoms with van der Waals surface area (Å²) in [6, 6.07) is 8.32. The van der Waals surface area contributed by atoms with Gasteiger partial charge in [0.05, 0.1) is 6.54 Å². The number of nitrogens with zero attached hydrogens (tertiary/aromatic N) is 1. The van der Waals surface area contributed by atoms with Crippen LogP contribution in [0.3, 0.4) is 0 Å². The van der Waals surface area contributed by atoms with E-state index in [1.807, 2.05) is 26.1 Å². The van der Waals surface area contributed by atoms with E-state index in [9.17, 15) is 4.79 Å². The Kier molecular flexibility index (Phi) is 5.20. The lowest BCUT2D eigenvalue weighted by Gasteiger charge is -2.17. The SMILES string of the molecule is CCCC(=O)CN(C)Cc1ccccc1C. The highest BCUT2D eigenvalue weighted by atomic mass is 16.1. The third kappa shape index (κ3) is 4.15. The van der Waals surface area contributed by atoms with Crippen LogP contribution in [0, 0.1) is 6.92 Å². The van der Waals surface area contributed by atoms with E-state index >= 15 is 0 Å². The monoisotopic (exact) mass is 219 g/mol. The van der Waals surface area contributed by atoms with Crippen molar-refractivity contribution in [2.45, 2.75) is 33.2 Å². The molecule has 0 saturated carbocycles. The summed E-state index contributed by atoms with van der Waals surface area (Å²) in [6.45, 7) is 5.56. The number of hydrogen-bond donors (Lipinski definition) is 0. The summed E-state index contributed by atoms with van der Waals surface area (Å²) in [4.78, 5) is 13.6. The minimum absolute atomic E-state index is 0.332. The third-order valence-electron chi connectivity index (χ3n) is 2.68. The minimum Gasteiger partial charge on any atom is -0.298 e. The van der Waals surface area contributed by atoms with Crippen molar-refractivity contribution < 1.29 is 4.79 Å². The fourth-order valence-corrected chi connectivity index (χ4v) is 1.79. The first kappa shape index (κ1) is 12.9. The molecule has 0 radical (unpaired) electrons. The van der Waals surface area contributed by atoms with Crippen LogP contribution in [-0.4, -0.2) is 24.3 Å². The van der Waals surface area contributed by atoms with Crippen molar-refractivity contribution in [2.24, 2.45) is 0 Å². The smallest absolute Gasteiger partial charge is 0.146 e. The van der Waals surface area contributed by atoms with Gasteiger partial charge in [0.15, 0.2) is 0 Å². The molecule has 16 heavy (non-hydrogen) atoms. The second kappa shape index (κ2) is 6.44. The van der Waals surface area contributed by atoms with Gasteiger partial charge in [0.1, 0.15) is 5.78 Å². The number of benzene rings is 1. The molecule has 1 aromatic rings. The number of carbonyl (C=O) groups is 1. The van der Waals surface area contributed by atoms with E-state index in [4.69, 9.17) is 0 Å². The quantitative estimate of drug-likeness (QED) is 0.733. The zero-order chi connectivity index (χ0) is 12.0. The molecule has 0 unspecified atom stereocenters. The predicted octanol–water partition coefficient (Wildman–Crippen LogP) is 2.80. The van der Waals surface area contributed by atoms with Crippen LogP contribution in [-0.2, 0) is 11.3 Å². The molecule has 0 aliphatic rings. The number of likely N-dealkylation sites (N-methyl/N-ethyl adjacent to an activating group) is 1. The molecule has 1 rings (SSSR count). The van der Waals surface area contributed by atoms with Crippen molar-refractivity contribution in [1.82, 2.24) is 4.90 Å². The van der Waals surface area contributed by atoms with Crippen LogP contribution in [0.4, 0.5) is 0 Å². The van der Waals surface area contributed by atoms with Crippen molar-refractivity contribution in [3.05, 3.63) is 35.4 Å². The fourth-order valence-electron chi connectivity index (χ4n) is 1.79. The first-order valence-electron chi connectivity index (χ1n) is 5.88. The average Bonchev–Trinajstić information content (AvgIpc) is 2.21. The Balaban J connectivity index is 2.48. The second-order valence-electron chi connectivity index (χ2n) is 4.39. The maximum atomic E-state index is 11.5. The van der Waals surface area contributed by atoms with E-state index in [2.05, 4.69) is 24.0 Å². The zero-order valence-corrected chi connectivity index (χ0v) is 10.5. The van der Waals surface area contributed by atoms with Crippen molar-refractivity contribution in [3.8, 4) is 0 Å². The molecular weight excluding hydrogens is 198 g/mol. The van der Waals surface area contributed by atoms with Crippen LogP contribution in [0.1, 0.15) is 30.9 Å². The number of aryl methyl sites for hydroxylation is 1. The molecule has 0 aliphatic carbocycles. The van der Waals surface area contributed by atoms with Gasteiger partial charge in [-0.25, -0.2) is 0 Å². The van der Waals surface area contributed by atoms with Gasteiger partial charge in [-0.05, 0) is 31.5 Å². The Morgan fingerprint density at radius 2 is 2.00 bits per heavy atom. The Bertz CT molecular complexity index is 346. The fraction of sp³-hybridized carbons (Fsp3) is 0.500. The van der Waals surface area contributed by atoms with Gasteiger partial charge in [-0.1, -0.05) is 31.2 Å². The summed E-state index contributed by atoms with van der Waals surface area (Å²) >= 11 is 0. The molecular formula is C14H21NO. The topological polar surface area (TPSA) is 20.3 Å². The van der Waals surface area contributed by atoms with Crippen LogP contribution in [0.2, 0.25) is 0 Å². The average molecular weight is 219 g/mol. The number of ketones is 1. The highest BCUT2D eigenvalue weighted by Gasteiger charge is 2.07. The van der Waals surface area contributed by atoms with Crippen molar-refractivity contribution in [3.63, 3.8) is 0 Å². The van der Waals surface area contributed by atoms with Gasteiger partial charge in [-0.2, -0.15) is 0 Å². The highest BCUT2D eigenvalue weighted by molar-refractivity contribution is 5.80. The molecule has 0 bridgehead atoms. The van der Waals surface area contributed by atoms with E-state index in [0.717, 1.165) is 13.0 Å². The van der Waals surface area contributed by atoms with E-state index < -0.39 is 0 Å².